The van der Waals surface area contributed by atoms with Crippen molar-refractivity contribution in [1.82, 2.24) is 4.98 Å². The number of benzene rings is 1. The molecule has 3 heteroatoms. The van der Waals surface area contributed by atoms with E-state index in [1.165, 1.54) is 6.08 Å². The molecule has 1 N–H and O–H groups in total. The summed E-state index contributed by atoms with van der Waals surface area (Å²) < 4.78 is 5.66. The van der Waals surface area contributed by atoms with E-state index in [4.69, 9.17) is 4.74 Å². The van der Waals surface area contributed by atoms with Gasteiger partial charge in [-0.05, 0) is 24.6 Å². The molecule has 3 nitrogen and oxygen atoms in total. The zero-order chi connectivity index (χ0) is 12.3. The van der Waals surface area contributed by atoms with Crippen molar-refractivity contribution < 1.29 is 9.53 Å². The lowest BCUT2D eigenvalue weighted by atomic mass is 10.1. The minimum Gasteiger partial charge on any atom is -0.493 e. The molecule has 1 aromatic heterocycles. The maximum absolute atomic E-state index is 11.7. The van der Waals surface area contributed by atoms with Crippen molar-refractivity contribution in [3.8, 4) is 5.75 Å². The predicted octanol–water partition coefficient (Wildman–Crippen LogP) is 3.33. The lowest BCUT2D eigenvalue weighted by Gasteiger charge is -2.06. The van der Waals surface area contributed by atoms with Gasteiger partial charge in [-0.2, -0.15) is 0 Å². The fraction of sp³-hybridized carbons (Fsp3) is 0.214. The van der Waals surface area contributed by atoms with Gasteiger partial charge in [0.15, 0.2) is 5.78 Å². The first-order valence-electron chi connectivity index (χ1n) is 5.67. The average Bonchev–Trinajstić information content (AvgIpc) is 2.79. The standard InChI is InChI=1S/C14H15NO2/c1-3-8-17-13-7-5-6-11-14(13)10(9-15-11)12(16)4-2/h4-7,9,15H,2-3,8H2,1H3. The summed E-state index contributed by atoms with van der Waals surface area (Å²) in [5.41, 5.74) is 1.52. The Labute approximate surface area is 100 Å². The molecule has 0 unspecified atom stereocenters. The Morgan fingerprint density at radius 2 is 2.35 bits per heavy atom. The van der Waals surface area contributed by atoms with E-state index in [9.17, 15) is 4.79 Å². The summed E-state index contributed by atoms with van der Waals surface area (Å²) in [7, 11) is 0. The van der Waals surface area contributed by atoms with Crippen molar-refractivity contribution in [2.24, 2.45) is 0 Å². The topological polar surface area (TPSA) is 42.1 Å². The molecule has 0 bridgehead atoms. The summed E-state index contributed by atoms with van der Waals surface area (Å²) in [5, 5.41) is 0.839. The van der Waals surface area contributed by atoms with Crippen molar-refractivity contribution in [3.05, 3.63) is 42.6 Å². The van der Waals surface area contributed by atoms with Gasteiger partial charge >= 0.3 is 0 Å². The van der Waals surface area contributed by atoms with Gasteiger partial charge in [0, 0.05) is 11.7 Å². The predicted molar refractivity (Wildman–Crippen MR) is 68.6 cm³/mol. The highest BCUT2D eigenvalue weighted by Crippen LogP contribution is 2.29. The second kappa shape index (κ2) is 4.87. The van der Waals surface area contributed by atoms with E-state index < -0.39 is 0 Å². The van der Waals surface area contributed by atoms with Crippen molar-refractivity contribution in [1.29, 1.82) is 0 Å². The van der Waals surface area contributed by atoms with Gasteiger partial charge in [0.05, 0.1) is 17.6 Å². The number of aromatic amines is 1. The summed E-state index contributed by atoms with van der Waals surface area (Å²) in [4.78, 5) is 14.8. The number of rotatable bonds is 5. The third-order valence-electron chi connectivity index (χ3n) is 2.58. The third-order valence-corrected chi connectivity index (χ3v) is 2.58. The SMILES string of the molecule is C=CC(=O)c1c[nH]c2cccc(OCCC)c12. The van der Waals surface area contributed by atoms with Crippen molar-refractivity contribution in [2.45, 2.75) is 13.3 Å². The number of H-pyrrole nitrogens is 1. The summed E-state index contributed by atoms with van der Waals surface area (Å²) >= 11 is 0. The van der Waals surface area contributed by atoms with Crippen LogP contribution in [0.25, 0.3) is 10.9 Å². The Balaban J connectivity index is 2.55. The molecule has 0 amide bonds. The molecule has 0 aliphatic carbocycles. The number of hydrogen-bond acceptors (Lipinski definition) is 2. The molecule has 1 heterocycles. The van der Waals surface area contributed by atoms with Crippen molar-refractivity contribution >= 4 is 16.7 Å². The van der Waals surface area contributed by atoms with Crippen LogP contribution in [0.4, 0.5) is 0 Å². The minimum atomic E-state index is -0.0937. The average molecular weight is 229 g/mol. The van der Waals surface area contributed by atoms with Crippen LogP contribution < -0.4 is 4.74 Å². The van der Waals surface area contributed by atoms with Gasteiger partial charge in [0.25, 0.3) is 0 Å². The van der Waals surface area contributed by atoms with Gasteiger partial charge in [-0.1, -0.05) is 19.6 Å². The molecule has 1 aromatic carbocycles. The quantitative estimate of drug-likeness (QED) is 0.631. The molecular formula is C14H15NO2. The molecule has 0 aliphatic heterocycles. The second-order valence-electron chi connectivity index (χ2n) is 3.80. The van der Waals surface area contributed by atoms with Crippen LogP contribution in [0, 0.1) is 0 Å². The Bertz CT molecular complexity index is 554. The molecule has 0 aliphatic rings. The van der Waals surface area contributed by atoms with Crippen molar-refractivity contribution in [3.63, 3.8) is 0 Å². The monoisotopic (exact) mass is 229 g/mol. The van der Waals surface area contributed by atoms with Gasteiger partial charge < -0.3 is 9.72 Å². The molecule has 0 saturated heterocycles. The van der Waals surface area contributed by atoms with Gasteiger partial charge in [-0.3, -0.25) is 4.79 Å². The number of ketones is 1. The number of nitrogens with one attached hydrogen (secondary N) is 1. The fourth-order valence-corrected chi connectivity index (χ4v) is 1.79. The maximum Gasteiger partial charge on any atom is 0.187 e. The first kappa shape index (κ1) is 11.5. The summed E-state index contributed by atoms with van der Waals surface area (Å²) in [6.45, 7) is 6.20. The van der Waals surface area contributed by atoms with E-state index in [0.29, 0.717) is 12.2 Å². The second-order valence-corrected chi connectivity index (χ2v) is 3.80. The minimum absolute atomic E-state index is 0.0937. The molecule has 0 spiro atoms. The van der Waals surface area contributed by atoms with Crippen LogP contribution in [-0.2, 0) is 0 Å². The number of carbonyl (C=O) groups excluding carboxylic acids is 1. The van der Waals surface area contributed by atoms with Gasteiger partial charge in [-0.25, -0.2) is 0 Å². The van der Waals surface area contributed by atoms with Crippen LogP contribution in [0.1, 0.15) is 23.7 Å². The van der Waals surface area contributed by atoms with E-state index >= 15 is 0 Å². The zero-order valence-corrected chi connectivity index (χ0v) is 9.82. The van der Waals surface area contributed by atoms with Crippen LogP contribution in [-0.4, -0.2) is 17.4 Å². The van der Waals surface area contributed by atoms with Gasteiger partial charge in [-0.15, -0.1) is 0 Å². The van der Waals surface area contributed by atoms with E-state index in [1.807, 2.05) is 25.1 Å². The molecule has 2 rings (SSSR count). The zero-order valence-electron chi connectivity index (χ0n) is 9.82. The lowest BCUT2D eigenvalue weighted by Crippen LogP contribution is -1.98. The van der Waals surface area contributed by atoms with Gasteiger partial charge in [0.2, 0.25) is 0 Å². The number of allylic oxidation sites excluding steroid dienone is 1. The third kappa shape index (κ3) is 2.09. The summed E-state index contributed by atoms with van der Waals surface area (Å²) in [6, 6.07) is 5.71. The van der Waals surface area contributed by atoms with Crippen LogP contribution in [0.15, 0.2) is 37.1 Å². The first-order valence-corrected chi connectivity index (χ1v) is 5.67. The summed E-state index contributed by atoms with van der Waals surface area (Å²) in [5.74, 6) is 0.652. The largest absolute Gasteiger partial charge is 0.493 e. The van der Waals surface area contributed by atoms with Crippen LogP contribution in [0.2, 0.25) is 0 Å². The maximum atomic E-state index is 11.7. The van der Waals surface area contributed by atoms with Crippen molar-refractivity contribution in [2.75, 3.05) is 6.61 Å². The Morgan fingerprint density at radius 3 is 3.06 bits per heavy atom. The first-order chi connectivity index (χ1) is 8.27. The van der Waals surface area contributed by atoms with E-state index in [0.717, 1.165) is 23.1 Å². The van der Waals surface area contributed by atoms with Crippen LogP contribution in [0.5, 0.6) is 5.75 Å². The number of carbonyl (C=O) groups is 1. The van der Waals surface area contributed by atoms with E-state index in [1.54, 1.807) is 6.20 Å². The highest BCUT2D eigenvalue weighted by atomic mass is 16.5. The fourth-order valence-electron chi connectivity index (χ4n) is 1.79. The number of aromatic nitrogens is 1. The normalized spacial score (nSPS) is 10.4. The Kier molecular flexibility index (Phi) is 3.28. The van der Waals surface area contributed by atoms with Crippen LogP contribution in [0.3, 0.4) is 0 Å². The van der Waals surface area contributed by atoms with Gasteiger partial charge in [0.1, 0.15) is 5.75 Å². The molecule has 0 saturated carbocycles. The highest BCUT2D eigenvalue weighted by Gasteiger charge is 2.13. The molecule has 0 radical (unpaired) electrons. The van der Waals surface area contributed by atoms with E-state index in [2.05, 4.69) is 11.6 Å². The molecule has 88 valence electrons. The smallest absolute Gasteiger partial charge is 0.187 e. The highest BCUT2D eigenvalue weighted by molar-refractivity contribution is 6.14. The number of fused-ring (bicyclic) bond motifs is 1. The molecular weight excluding hydrogens is 214 g/mol. The molecule has 2 aromatic rings. The van der Waals surface area contributed by atoms with Crippen LogP contribution >= 0.6 is 0 Å². The molecule has 0 fully saturated rings. The Hall–Kier alpha value is -2.03. The number of ether oxygens (including phenoxy) is 1. The Morgan fingerprint density at radius 1 is 1.53 bits per heavy atom. The molecule has 0 atom stereocenters. The summed E-state index contributed by atoms with van der Waals surface area (Å²) in [6.07, 6.45) is 3.96. The molecule has 17 heavy (non-hydrogen) atoms. The van der Waals surface area contributed by atoms with E-state index in [-0.39, 0.29) is 5.78 Å². The lowest BCUT2D eigenvalue weighted by molar-refractivity contribution is 0.104. The number of hydrogen-bond donors (Lipinski definition) is 1.